The number of benzene rings is 2. The first-order valence-corrected chi connectivity index (χ1v) is 9.99. The zero-order valence-corrected chi connectivity index (χ0v) is 15.4. The Bertz CT molecular complexity index is 726. The van der Waals surface area contributed by atoms with Crippen molar-refractivity contribution in [1.29, 1.82) is 0 Å². The minimum atomic E-state index is -3.47. The summed E-state index contributed by atoms with van der Waals surface area (Å²) in [6.45, 7) is 2.90. The maximum Gasteiger partial charge on any atom is 0.264 e. The highest BCUT2D eigenvalue weighted by Crippen LogP contribution is 2.16. The van der Waals surface area contributed by atoms with Crippen LogP contribution >= 0.6 is 0 Å². The molecule has 25 heavy (non-hydrogen) atoms. The van der Waals surface area contributed by atoms with E-state index in [-0.39, 0.29) is 12.7 Å². The molecule has 0 radical (unpaired) electrons. The standard InChI is InChI=1S/C19H24O5S/c1-3-22-19(15-24-25(2,20)21)13-16-9-11-18(12-10-16)23-14-17-7-5-4-6-8-17/h4-12,19H,3,13-15H2,1-2H3/t19-/m0/s1. The Morgan fingerprint density at radius 1 is 0.960 bits per heavy atom. The van der Waals surface area contributed by atoms with Crippen LogP contribution in [0.3, 0.4) is 0 Å². The van der Waals surface area contributed by atoms with E-state index in [9.17, 15) is 8.42 Å². The van der Waals surface area contributed by atoms with Gasteiger partial charge >= 0.3 is 0 Å². The van der Waals surface area contributed by atoms with Crippen LogP contribution in [0.1, 0.15) is 18.1 Å². The van der Waals surface area contributed by atoms with E-state index in [2.05, 4.69) is 0 Å². The normalized spacial score (nSPS) is 12.7. The molecule has 0 aliphatic carbocycles. The van der Waals surface area contributed by atoms with E-state index in [0.29, 0.717) is 19.6 Å². The van der Waals surface area contributed by atoms with Crippen LogP contribution in [0.15, 0.2) is 54.6 Å². The van der Waals surface area contributed by atoms with Crippen molar-refractivity contribution < 1.29 is 22.1 Å². The smallest absolute Gasteiger partial charge is 0.264 e. The Morgan fingerprint density at radius 2 is 1.64 bits per heavy atom. The minimum absolute atomic E-state index is 0.0128. The lowest BCUT2D eigenvalue weighted by Crippen LogP contribution is -2.24. The summed E-state index contributed by atoms with van der Waals surface area (Å²) < 4.78 is 38.4. The summed E-state index contributed by atoms with van der Waals surface area (Å²) in [5.41, 5.74) is 2.14. The van der Waals surface area contributed by atoms with Gasteiger partial charge in [-0.1, -0.05) is 42.5 Å². The van der Waals surface area contributed by atoms with E-state index in [4.69, 9.17) is 13.7 Å². The van der Waals surface area contributed by atoms with Crippen molar-refractivity contribution in [2.24, 2.45) is 0 Å². The fourth-order valence-corrected chi connectivity index (χ4v) is 2.73. The molecule has 0 aromatic heterocycles. The van der Waals surface area contributed by atoms with Gasteiger partial charge in [-0.15, -0.1) is 0 Å². The summed E-state index contributed by atoms with van der Waals surface area (Å²) in [5, 5.41) is 0. The van der Waals surface area contributed by atoms with Crippen LogP contribution in [0, 0.1) is 0 Å². The summed E-state index contributed by atoms with van der Waals surface area (Å²) >= 11 is 0. The lowest BCUT2D eigenvalue weighted by Gasteiger charge is -2.16. The van der Waals surface area contributed by atoms with Crippen LogP contribution in [0.2, 0.25) is 0 Å². The predicted octanol–water partition coefficient (Wildman–Crippen LogP) is 3.19. The van der Waals surface area contributed by atoms with Crippen molar-refractivity contribution in [3.63, 3.8) is 0 Å². The van der Waals surface area contributed by atoms with Crippen molar-refractivity contribution in [3.05, 3.63) is 65.7 Å². The predicted molar refractivity (Wildman–Crippen MR) is 97.1 cm³/mol. The molecule has 6 heteroatoms. The van der Waals surface area contributed by atoms with Gasteiger partial charge in [0.15, 0.2) is 0 Å². The van der Waals surface area contributed by atoms with E-state index in [1.165, 1.54) is 0 Å². The minimum Gasteiger partial charge on any atom is -0.489 e. The second-order valence-corrected chi connectivity index (χ2v) is 7.33. The number of rotatable bonds is 10. The van der Waals surface area contributed by atoms with E-state index in [1.54, 1.807) is 0 Å². The molecule has 0 N–H and O–H groups in total. The van der Waals surface area contributed by atoms with E-state index < -0.39 is 10.1 Å². The molecule has 2 rings (SSSR count). The van der Waals surface area contributed by atoms with Gasteiger partial charge in [-0.05, 0) is 30.2 Å². The molecule has 5 nitrogen and oxygen atoms in total. The van der Waals surface area contributed by atoms with Crippen LogP contribution in [-0.4, -0.2) is 34.0 Å². The molecule has 0 unspecified atom stereocenters. The van der Waals surface area contributed by atoms with E-state index >= 15 is 0 Å². The molecular weight excluding hydrogens is 340 g/mol. The summed E-state index contributed by atoms with van der Waals surface area (Å²) in [7, 11) is -3.47. The number of ether oxygens (including phenoxy) is 2. The quantitative estimate of drug-likeness (QED) is 0.606. The van der Waals surface area contributed by atoms with Gasteiger partial charge in [-0.25, -0.2) is 0 Å². The first-order valence-electron chi connectivity index (χ1n) is 8.18. The van der Waals surface area contributed by atoms with Crippen molar-refractivity contribution in [2.75, 3.05) is 19.5 Å². The lowest BCUT2D eigenvalue weighted by atomic mass is 10.1. The Labute approximate surface area is 149 Å². The Hall–Kier alpha value is -1.89. The average Bonchev–Trinajstić information content (AvgIpc) is 2.59. The third kappa shape index (κ3) is 7.69. The molecular formula is C19H24O5S. The summed E-state index contributed by atoms with van der Waals surface area (Å²) in [5.74, 6) is 0.785. The SMILES string of the molecule is CCO[C@H](COS(C)(=O)=O)Cc1ccc(OCc2ccccc2)cc1. The second kappa shape index (κ2) is 9.56. The Kier molecular flexibility index (Phi) is 7.43. The largest absolute Gasteiger partial charge is 0.489 e. The van der Waals surface area contributed by atoms with Gasteiger partial charge in [0.05, 0.1) is 19.0 Å². The maximum atomic E-state index is 11.1. The highest BCUT2D eigenvalue weighted by molar-refractivity contribution is 7.85. The van der Waals surface area contributed by atoms with Crippen molar-refractivity contribution in [1.82, 2.24) is 0 Å². The van der Waals surface area contributed by atoms with Gasteiger partial charge in [-0.2, -0.15) is 8.42 Å². The van der Waals surface area contributed by atoms with Gasteiger partial charge in [-0.3, -0.25) is 4.18 Å². The second-order valence-electron chi connectivity index (χ2n) is 5.69. The van der Waals surface area contributed by atoms with Crippen LogP contribution in [0.4, 0.5) is 0 Å². The third-order valence-electron chi connectivity index (χ3n) is 3.51. The van der Waals surface area contributed by atoms with Crippen LogP contribution in [0.25, 0.3) is 0 Å². The summed E-state index contributed by atoms with van der Waals surface area (Å²) in [6.07, 6.45) is 1.30. The van der Waals surface area contributed by atoms with Crippen LogP contribution < -0.4 is 4.74 Å². The van der Waals surface area contributed by atoms with Crippen molar-refractivity contribution >= 4 is 10.1 Å². The maximum absolute atomic E-state index is 11.1. The highest BCUT2D eigenvalue weighted by Gasteiger charge is 2.13. The summed E-state index contributed by atoms with van der Waals surface area (Å²) in [6, 6.07) is 17.7. The average molecular weight is 364 g/mol. The fraction of sp³-hybridized carbons (Fsp3) is 0.368. The Balaban J connectivity index is 1.88. The van der Waals surface area contributed by atoms with Gasteiger partial charge < -0.3 is 9.47 Å². The van der Waals surface area contributed by atoms with Gasteiger partial charge in [0.2, 0.25) is 0 Å². The van der Waals surface area contributed by atoms with Gasteiger partial charge in [0.25, 0.3) is 10.1 Å². The highest BCUT2D eigenvalue weighted by atomic mass is 32.2. The number of hydrogen-bond donors (Lipinski definition) is 0. The molecule has 0 heterocycles. The fourth-order valence-electron chi connectivity index (χ4n) is 2.33. The zero-order chi connectivity index (χ0) is 18.1. The molecule has 0 bridgehead atoms. The molecule has 0 aliphatic heterocycles. The first-order chi connectivity index (χ1) is 12.0. The van der Waals surface area contributed by atoms with Crippen molar-refractivity contribution in [2.45, 2.75) is 26.1 Å². The van der Waals surface area contributed by atoms with E-state index in [0.717, 1.165) is 23.1 Å². The van der Waals surface area contributed by atoms with Crippen molar-refractivity contribution in [3.8, 4) is 5.75 Å². The lowest BCUT2D eigenvalue weighted by molar-refractivity contribution is 0.0301. The molecule has 0 fully saturated rings. The molecule has 0 aliphatic rings. The molecule has 0 spiro atoms. The molecule has 1 atom stereocenters. The van der Waals surface area contributed by atoms with E-state index in [1.807, 2.05) is 61.5 Å². The Morgan fingerprint density at radius 3 is 2.24 bits per heavy atom. The topological polar surface area (TPSA) is 61.8 Å². The first kappa shape index (κ1) is 19.4. The third-order valence-corrected chi connectivity index (χ3v) is 4.07. The molecule has 0 saturated carbocycles. The molecule has 2 aromatic carbocycles. The molecule has 0 amide bonds. The summed E-state index contributed by atoms with van der Waals surface area (Å²) in [4.78, 5) is 0. The number of hydrogen-bond acceptors (Lipinski definition) is 5. The zero-order valence-electron chi connectivity index (χ0n) is 14.6. The monoisotopic (exact) mass is 364 g/mol. The molecule has 2 aromatic rings. The van der Waals surface area contributed by atoms with Gasteiger partial charge in [0.1, 0.15) is 12.4 Å². The van der Waals surface area contributed by atoms with Gasteiger partial charge in [0, 0.05) is 13.0 Å². The van der Waals surface area contributed by atoms with Crippen LogP contribution in [0.5, 0.6) is 5.75 Å². The molecule has 0 saturated heterocycles. The van der Waals surface area contributed by atoms with Crippen LogP contribution in [-0.2, 0) is 32.1 Å². The molecule has 136 valence electrons.